The predicted octanol–water partition coefficient (Wildman–Crippen LogP) is 1.48. The molecule has 1 amide bonds. The van der Waals surface area contributed by atoms with E-state index in [9.17, 15) is 4.79 Å². The Morgan fingerprint density at radius 1 is 1.40 bits per heavy atom. The lowest BCUT2D eigenvalue weighted by molar-refractivity contribution is -0.120. The van der Waals surface area contributed by atoms with Gasteiger partial charge in [-0.25, -0.2) is 4.98 Å². The SMILES string of the molecule is Cc1cnc(CNC(=O)Cc2ccc(C(N)=S)cc2)o1. The topological polar surface area (TPSA) is 81.2 Å². The van der Waals surface area contributed by atoms with Crippen LogP contribution >= 0.6 is 12.2 Å². The van der Waals surface area contributed by atoms with Gasteiger partial charge in [-0.2, -0.15) is 0 Å². The monoisotopic (exact) mass is 289 g/mol. The molecule has 2 aromatic rings. The molecule has 5 nitrogen and oxygen atoms in total. The zero-order valence-corrected chi connectivity index (χ0v) is 11.9. The van der Waals surface area contributed by atoms with Crippen molar-refractivity contribution >= 4 is 23.1 Å². The van der Waals surface area contributed by atoms with Crippen molar-refractivity contribution in [2.45, 2.75) is 19.9 Å². The van der Waals surface area contributed by atoms with E-state index in [4.69, 9.17) is 22.4 Å². The van der Waals surface area contributed by atoms with E-state index in [1.165, 1.54) is 0 Å². The van der Waals surface area contributed by atoms with Gasteiger partial charge in [0.05, 0.1) is 19.2 Å². The maximum Gasteiger partial charge on any atom is 0.224 e. The Labute approximate surface area is 122 Å². The molecule has 0 saturated carbocycles. The van der Waals surface area contributed by atoms with E-state index in [1.54, 1.807) is 6.20 Å². The molecule has 20 heavy (non-hydrogen) atoms. The van der Waals surface area contributed by atoms with Crippen molar-refractivity contribution in [2.24, 2.45) is 5.73 Å². The zero-order chi connectivity index (χ0) is 14.5. The van der Waals surface area contributed by atoms with Crippen LogP contribution in [0.2, 0.25) is 0 Å². The Hall–Kier alpha value is -2.21. The van der Waals surface area contributed by atoms with E-state index in [0.29, 0.717) is 10.9 Å². The van der Waals surface area contributed by atoms with Gasteiger partial charge in [-0.3, -0.25) is 4.79 Å². The number of amides is 1. The molecule has 6 heteroatoms. The van der Waals surface area contributed by atoms with E-state index in [0.717, 1.165) is 16.9 Å². The Balaban J connectivity index is 1.86. The van der Waals surface area contributed by atoms with Crippen LogP contribution in [-0.2, 0) is 17.8 Å². The summed E-state index contributed by atoms with van der Waals surface area (Å²) in [5, 5.41) is 2.75. The minimum Gasteiger partial charge on any atom is -0.444 e. The second kappa shape index (κ2) is 6.29. The molecule has 2 rings (SSSR count). The van der Waals surface area contributed by atoms with Crippen LogP contribution in [0.15, 0.2) is 34.9 Å². The van der Waals surface area contributed by atoms with Crippen LogP contribution in [-0.4, -0.2) is 15.9 Å². The van der Waals surface area contributed by atoms with Crippen molar-refractivity contribution in [1.29, 1.82) is 0 Å². The third-order valence-electron chi connectivity index (χ3n) is 2.71. The fraction of sp³-hybridized carbons (Fsp3) is 0.214. The van der Waals surface area contributed by atoms with Crippen LogP contribution in [0.25, 0.3) is 0 Å². The minimum absolute atomic E-state index is 0.0936. The molecule has 0 atom stereocenters. The third kappa shape index (κ3) is 3.89. The van der Waals surface area contributed by atoms with Crippen molar-refractivity contribution in [3.8, 4) is 0 Å². The van der Waals surface area contributed by atoms with E-state index in [-0.39, 0.29) is 18.9 Å². The van der Waals surface area contributed by atoms with Gasteiger partial charge in [0.15, 0.2) is 0 Å². The van der Waals surface area contributed by atoms with Gasteiger partial charge in [0.2, 0.25) is 11.8 Å². The molecule has 0 aliphatic heterocycles. The number of aromatic nitrogens is 1. The smallest absolute Gasteiger partial charge is 0.224 e. The van der Waals surface area contributed by atoms with Gasteiger partial charge in [-0.05, 0) is 12.5 Å². The Bertz CT molecular complexity index is 620. The predicted molar refractivity (Wildman–Crippen MR) is 79.1 cm³/mol. The molecule has 0 fully saturated rings. The molecule has 0 aliphatic carbocycles. The second-order valence-corrected chi connectivity index (χ2v) is 4.82. The lowest BCUT2D eigenvalue weighted by atomic mass is 10.1. The highest BCUT2D eigenvalue weighted by Crippen LogP contribution is 2.06. The summed E-state index contributed by atoms with van der Waals surface area (Å²) in [4.78, 5) is 16.1. The number of hydrogen-bond donors (Lipinski definition) is 2. The number of nitrogens with two attached hydrogens (primary N) is 1. The molecule has 0 aliphatic rings. The van der Waals surface area contributed by atoms with Gasteiger partial charge in [-0.15, -0.1) is 0 Å². The summed E-state index contributed by atoms with van der Waals surface area (Å²) >= 11 is 4.87. The summed E-state index contributed by atoms with van der Waals surface area (Å²) in [5.74, 6) is 1.13. The van der Waals surface area contributed by atoms with Crippen LogP contribution < -0.4 is 11.1 Å². The van der Waals surface area contributed by atoms with Gasteiger partial charge in [0.1, 0.15) is 10.7 Å². The molecule has 0 spiro atoms. The van der Waals surface area contributed by atoms with E-state index in [2.05, 4.69) is 10.3 Å². The van der Waals surface area contributed by atoms with Gasteiger partial charge >= 0.3 is 0 Å². The number of carbonyl (C=O) groups is 1. The second-order valence-electron chi connectivity index (χ2n) is 4.38. The molecule has 1 aromatic carbocycles. The molecular formula is C14H15N3O2S. The number of benzene rings is 1. The van der Waals surface area contributed by atoms with Crippen molar-refractivity contribution in [2.75, 3.05) is 0 Å². The Kier molecular flexibility index (Phi) is 4.47. The summed E-state index contributed by atoms with van der Waals surface area (Å²) in [5.41, 5.74) is 7.20. The summed E-state index contributed by atoms with van der Waals surface area (Å²) in [6.07, 6.45) is 1.91. The van der Waals surface area contributed by atoms with Crippen LogP contribution in [0.5, 0.6) is 0 Å². The zero-order valence-electron chi connectivity index (χ0n) is 11.1. The average Bonchev–Trinajstić information content (AvgIpc) is 2.83. The summed E-state index contributed by atoms with van der Waals surface area (Å²) < 4.78 is 5.27. The van der Waals surface area contributed by atoms with Gasteiger partial charge in [-0.1, -0.05) is 36.5 Å². The van der Waals surface area contributed by atoms with Gasteiger partial charge < -0.3 is 15.5 Å². The lowest BCUT2D eigenvalue weighted by Gasteiger charge is -2.04. The standard InChI is InChI=1S/C14H15N3O2S/c1-9-7-17-13(19-9)8-16-12(18)6-10-2-4-11(5-3-10)14(15)20/h2-5,7H,6,8H2,1H3,(H2,15,20)(H,16,18). The molecular weight excluding hydrogens is 274 g/mol. The summed E-state index contributed by atoms with van der Waals surface area (Å²) in [7, 11) is 0. The van der Waals surface area contributed by atoms with Crippen molar-refractivity contribution < 1.29 is 9.21 Å². The van der Waals surface area contributed by atoms with Crippen LogP contribution in [0, 0.1) is 6.92 Å². The molecule has 0 unspecified atom stereocenters. The summed E-state index contributed by atoms with van der Waals surface area (Å²) in [6, 6.07) is 7.29. The van der Waals surface area contributed by atoms with E-state index < -0.39 is 0 Å². The number of carbonyl (C=O) groups excluding carboxylic acids is 1. The molecule has 1 aromatic heterocycles. The van der Waals surface area contributed by atoms with E-state index >= 15 is 0 Å². The van der Waals surface area contributed by atoms with Crippen LogP contribution in [0.1, 0.15) is 22.8 Å². The first-order valence-electron chi connectivity index (χ1n) is 6.11. The third-order valence-corrected chi connectivity index (χ3v) is 2.94. The Morgan fingerprint density at radius 3 is 2.65 bits per heavy atom. The van der Waals surface area contributed by atoms with Gasteiger partial charge in [0, 0.05) is 5.56 Å². The summed E-state index contributed by atoms with van der Waals surface area (Å²) in [6.45, 7) is 2.10. The molecule has 104 valence electrons. The van der Waals surface area contributed by atoms with Crippen molar-refractivity contribution in [1.82, 2.24) is 10.3 Å². The molecule has 0 bridgehead atoms. The molecule has 3 N–H and O–H groups in total. The highest BCUT2D eigenvalue weighted by molar-refractivity contribution is 7.80. The number of nitrogens with one attached hydrogen (secondary N) is 1. The minimum atomic E-state index is -0.0936. The fourth-order valence-electron chi connectivity index (χ4n) is 1.69. The first-order valence-corrected chi connectivity index (χ1v) is 6.52. The average molecular weight is 289 g/mol. The van der Waals surface area contributed by atoms with E-state index in [1.807, 2.05) is 31.2 Å². The molecule has 0 saturated heterocycles. The van der Waals surface area contributed by atoms with Crippen LogP contribution in [0.4, 0.5) is 0 Å². The first kappa shape index (κ1) is 14.2. The number of hydrogen-bond acceptors (Lipinski definition) is 4. The van der Waals surface area contributed by atoms with Crippen molar-refractivity contribution in [3.05, 3.63) is 53.2 Å². The quantitative estimate of drug-likeness (QED) is 0.815. The van der Waals surface area contributed by atoms with Crippen molar-refractivity contribution in [3.63, 3.8) is 0 Å². The lowest BCUT2D eigenvalue weighted by Crippen LogP contribution is -2.24. The van der Waals surface area contributed by atoms with Crippen LogP contribution in [0.3, 0.4) is 0 Å². The first-order chi connectivity index (χ1) is 9.54. The highest BCUT2D eigenvalue weighted by atomic mass is 32.1. The molecule has 1 heterocycles. The normalized spacial score (nSPS) is 10.2. The largest absolute Gasteiger partial charge is 0.444 e. The maximum atomic E-state index is 11.8. The maximum absolute atomic E-state index is 11.8. The number of aryl methyl sites for hydroxylation is 1. The Morgan fingerprint density at radius 2 is 2.10 bits per heavy atom. The molecule has 0 radical (unpaired) electrons. The number of thiocarbonyl (C=S) groups is 1. The number of oxazole rings is 1. The highest BCUT2D eigenvalue weighted by Gasteiger charge is 2.06. The number of rotatable bonds is 5. The fourth-order valence-corrected chi connectivity index (χ4v) is 1.83. The number of nitrogens with zero attached hydrogens (tertiary/aromatic N) is 1. The van der Waals surface area contributed by atoms with Gasteiger partial charge in [0.25, 0.3) is 0 Å².